The molecule has 0 aromatic carbocycles. The predicted molar refractivity (Wildman–Crippen MR) is 87.0 cm³/mol. The molecule has 2 spiro atoms. The van der Waals surface area contributed by atoms with Gasteiger partial charge in [0.15, 0.2) is 0 Å². The number of epoxide rings is 1. The van der Waals surface area contributed by atoms with E-state index in [-0.39, 0.29) is 11.0 Å². The van der Waals surface area contributed by atoms with Gasteiger partial charge in [-0.15, -0.1) is 0 Å². The number of fused-ring (bicyclic) bond motifs is 4. The summed E-state index contributed by atoms with van der Waals surface area (Å²) in [6.45, 7) is 5.50. The molecule has 5 rings (SSSR count). The van der Waals surface area contributed by atoms with Crippen LogP contribution >= 0.6 is 0 Å². The lowest BCUT2D eigenvalue weighted by atomic mass is 9.41. The normalized spacial score (nSPS) is 60.2. The molecule has 1 N–H and O–H groups in total. The van der Waals surface area contributed by atoms with Crippen molar-refractivity contribution >= 4 is 5.97 Å². The zero-order chi connectivity index (χ0) is 16.1. The van der Waals surface area contributed by atoms with E-state index in [1.807, 2.05) is 6.92 Å². The van der Waals surface area contributed by atoms with Gasteiger partial charge in [-0.25, -0.2) is 0 Å². The van der Waals surface area contributed by atoms with Crippen molar-refractivity contribution in [3.05, 3.63) is 0 Å². The molecule has 4 aliphatic carbocycles. The molecule has 3 nitrogen and oxygen atoms in total. The summed E-state index contributed by atoms with van der Waals surface area (Å²) in [5.41, 5.74) is 0.455. The molecule has 0 amide bonds. The molecule has 23 heavy (non-hydrogen) atoms. The Hall–Kier alpha value is -0.570. The van der Waals surface area contributed by atoms with Gasteiger partial charge < -0.3 is 9.84 Å². The first-order chi connectivity index (χ1) is 10.8. The summed E-state index contributed by atoms with van der Waals surface area (Å²) in [4.78, 5) is 12.1. The molecule has 0 unspecified atom stereocenters. The largest absolute Gasteiger partial charge is 0.481 e. The summed E-state index contributed by atoms with van der Waals surface area (Å²) in [6.07, 6.45) is 10.9. The van der Waals surface area contributed by atoms with Crippen molar-refractivity contribution in [1.29, 1.82) is 0 Å². The molecule has 1 saturated heterocycles. The van der Waals surface area contributed by atoms with Crippen LogP contribution in [-0.2, 0) is 9.53 Å². The molecular weight excluding hydrogens is 288 g/mol. The van der Waals surface area contributed by atoms with Crippen molar-refractivity contribution in [1.82, 2.24) is 0 Å². The Labute approximate surface area is 139 Å². The Morgan fingerprint density at radius 3 is 2.57 bits per heavy atom. The molecule has 4 saturated carbocycles. The fraction of sp³-hybridized carbons (Fsp3) is 0.950. The number of carboxylic acid groups (broad SMARTS) is 1. The van der Waals surface area contributed by atoms with Crippen LogP contribution in [0, 0.1) is 34.0 Å². The first kappa shape index (κ1) is 14.7. The van der Waals surface area contributed by atoms with Gasteiger partial charge in [-0.2, -0.15) is 0 Å². The summed E-state index contributed by atoms with van der Waals surface area (Å²) in [5.74, 6) is 1.34. The monoisotopic (exact) mass is 318 g/mol. The number of carboxylic acids is 1. The van der Waals surface area contributed by atoms with Gasteiger partial charge in [0.1, 0.15) is 0 Å². The molecule has 2 bridgehead atoms. The van der Waals surface area contributed by atoms with Gasteiger partial charge in [-0.05, 0) is 86.9 Å². The Bertz CT molecular complexity index is 567. The number of hydrogen-bond donors (Lipinski definition) is 1. The summed E-state index contributed by atoms with van der Waals surface area (Å²) in [7, 11) is 0. The maximum Gasteiger partial charge on any atom is 0.309 e. The van der Waals surface area contributed by atoms with Gasteiger partial charge in [0.05, 0.1) is 17.6 Å². The molecule has 1 heterocycles. The Kier molecular flexibility index (Phi) is 2.66. The van der Waals surface area contributed by atoms with Crippen LogP contribution in [-0.4, -0.2) is 23.3 Å². The number of hydrogen-bond acceptors (Lipinski definition) is 2. The second kappa shape index (κ2) is 4.15. The maximum absolute atomic E-state index is 12.1. The highest BCUT2D eigenvalue weighted by molar-refractivity contribution is 5.75. The molecule has 5 fully saturated rings. The van der Waals surface area contributed by atoms with Gasteiger partial charge in [0.25, 0.3) is 0 Å². The summed E-state index contributed by atoms with van der Waals surface area (Å²) in [5, 5.41) is 9.95. The van der Waals surface area contributed by atoms with Crippen molar-refractivity contribution in [2.45, 2.75) is 77.2 Å². The van der Waals surface area contributed by atoms with Crippen LogP contribution in [0.2, 0.25) is 0 Å². The van der Waals surface area contributed by atoms with Gasteiger partial charge in [0.2, 0.25) is 0 Å². The van der Waals surface area contributed by atoms with Gasteiger partial charge in [0, 0.05) is 0 Å². The quantitative estimate of drug-likeness (QED) is 0.735. The van der Waals surface area contributed by atoms with Gasteiger partial charge in [-0.3, -0.25) is 4.79 Å². The zero-order valence-corrected chi connectivity index (χ0v) is 14.6. The molecule has 0 radical (unpaired) electrons. The highest BCUT2D eigenvalue weighted by Gasteiger charge is 2.71. The second-order valence-electron chi connectivity index (χ2n) is 10.1. The Morgan fingerprint density at radius 1 is 1.09 bits per heavy atom. The minimum Gasteiger partial charge on any atom is -0.481 e. The van der Waals surface area contributed by atoms with Crippen LogP contribution in [0.5, 0.6) is 0 Å². The van der Waals surface area contributed by atoms with Crippen LogP contribution in [0.25, 0.3) is 0 Å². The van der Waals surface area contributed by atoms with Crippen LogP contribution in [0.1, 0.15) is 71.6 Å². The predicted octanol–water partition coefficient (Wildman–Crippen LogP) is 4.25. The summed E-state index contributed by atoms with van der Waals surface area (Å²) >= 11 is 0. The Balaban J connectivity index is 1.55. The SMILES string of the molecule is C[C@@]12CCC[C@@](C)(C(=O)O)[C@H]1CC[C@@]13C[C@@H](CC[C@@H]12)[C@@]1(CO1)C3. The average molecular weight is 318 g/mol. The van der Waals surface area contributed by atoms with Crippen molar-refractivity contribution in [2.75, 3.05) is 6.61 Å². The van der Waals surface area contributed by atoms with Crippen LogP contribution in [0.4, 0.5) is 0 Å². The lowest BCUT2D eigenvalue weighted by molar-refractivity contribution is -0.181. The van der Waals surface area contributed by atoms with Gasteiger partial charge >= 0.3 is 5.97 Å². The zero-order valence-electron chi connectivity index (χ0n) is 14.6. The highest BCUT2D eigenvalue weighted by Crippen LogP contribution is 2.74. The van der Waals surface area contributed by atoms with E-state index >= 15 is 0 Å². The molecule has 1 aliphatic heterocycles. The van der Waals surface area contributed by atoms with Gasteiger partial charge in [-0.1, -0.05) is 13.3 Å². The highest BCUT2D eigenvalue weighted by atomic mass is 16.6. The van der Waals surface area contributed by atoms with Crippen molar-refractivity contribution < 1.29 is 14.6 Å². The lowest BCUT2D eigenvalue weighted by Gasteiger charge is -2.63. The molecule has 0 aromatic heterocycles. The fourth-order valence-corrected chi connectivity index (χ4v) is 8.28. The van der Waals surface area contributed by atoms with E-state index in [1.54, 1.807) is 0 Å². The van der Waals surface area contributed by atoms with E-state index in [0.717, 1.165) is 37.7 Å². The van der Waals surface area contributed by atoms with E-state index in [9.17, 15) is 9.90 Å². The topological polar surface area (TPSA) is 49.8 Å². The first-order valence-corrected chi connectivity index (χ1v) is 9.72. The van der Waals surface area contributed by atoms with E-state index in [2.05, 4.69) is 6.92 Å². The molecule has 128 valence electrons. The van der Waals surface area contributed by atoms with E-state index in [1.165, 1.54) is 38.5 Å². The molecule has 5 aliphatic rings. The first-order valence-electron chi connectivity index (χ1n) is 9.72. The van der Waals surface area contributed by atoms with Crippen LogP contribution in [0.3, 0.4) is 0 Å². The number of aliphatic carboxylic acids is 1. The summed E-state index contributed by atoms with van der Waals surface area (Å²) in [6, 6.07) is 0. The molecular formula is C20H30O3. The average Bonchev–Trinajstić information content (AvgIpc) is 3.22. The third-order valence-corrected chi connectivity index (χ3v) is 9.30. The third-order valence-electron chi connectivity index (χ3n) is 9.30. The van der Waals surface area contributed by atoms with Crippen molar-refractivity contribution in [3.8, 4) is 0 Å². The smallest absolute Gasteiger partial charge is 0.309 e. The minimum atomic E-state index is -0.550. The molecule has 7 atom stereocenters. The number of rotatable bonds is 1. The maximum atomic E-state index is 12.1. The second-order valence-corrected chi connectivity index (χ2v) is 10.1. The van der Waals surface area contributed by atoms with E-state index in [4.69, 9.17) is 4.74 Å². The number of carbonyl (C=O) groups is 1. The summed E-state index contributed by atoms with van der Waals surface area (Å²) < 4.78 is 5.97. The fourth-order valence-electron chi connectivity index (χ4n) is 8.28. The van der Waals surface area contributed by atoms with Crippen molar-refractivity contribution in [2.24, 2.45) is 34.0 Å². The Morgan fingerprint density at radius 2 is 1.87 bits per heavy atom. The van der Waals surface area contributed by atoms with Crippen molar-refractivity contribution in [3.63, 3.8) is 0 Å². The standard InChI is InChI=1S/C20H30O3/c1-17-7-3-8-18(2,16(21)22)14(17)6-9-19-10-13(4-5-15(17)19)20(11-19)12-23-20/h13-15H,3-12H2,1-2H3,(H,21,22)/t13-,14+,15-,17-,18-,19+,20+/m1/s1. The van der Waals surface area contributed by atoms with E-state index in [0.29, 0.717) is 11.3 Å². The molecule has 3 heteroatoms. The minimum absolute atomic E-state index is 0.231. The van der Waals surface area contributed by atoms with E-state index < -0.39 is 11.4 Å². The number of ether oxygens (including phenoxy) is 1. The van der Waals surface area contributed by atoms with Crippen LogP contribution < -0.4 is 0 Å². The molecule has 0 aromatic rings. The third kappa shape index (κ3) is 1.63. The lowest BCUT2D eigenvalue weighted by Crippen LogP contribution is -2.58. The van der Waals surface area contributed by atoms with Crippen LogP contribution in [0.15, 0.2) is 0 Å².